The molecule has 0 radical (unpaired) electrons. The van der Waals surface area contributed by atoms with Gasteiger partial charge in [-0.25, -0.2) is 14.6 Å². The number of aromatic nitrogens is 4. The van der Waals surface area contributed by atoms with Gasteiger partial charge in [-0.3, -0.25) is 0 Å². The number of rotatable bonds is 5. The molecule has 0 unspecified atom stereocenters. The van der Waals surface area contributed by atoms with Gasteiger partial charge in [0.15, 0.2) is 5.16 Å². The van der Waals surface area contributed by atoms with E-state index in [2.05, 4.69) is 33.4 Å². The zero-order valence-corrected chi connectivity index (χ0v) is 10.7. The molecule has 0 aliphatic rings. The summed E-state index contributed by atoms with van der Waals surface area (Å²) in [6.07, 6.45) is 3.39. The number of pyridine rings is 1. The standard InChI is InChI=1S/C11H15N5S/c1-3-12-10-6-9(4-5-13-10)7-17-11-14-8-15-16(11)2/h4-6,8H,3,7H2,1-2H3,(H,12,13). The van der Waals surface area contributed by atoms with E-state index >= 15 is 0 Å². The first-order chi connectivity index (χ1) is 8.29. The number of hydrogen-bond donors (Lipinski definition) is 1. The Labute approximate surface area is 105 Å². The molecule has 2 rings (SSSR count). The number of nitrogens with zero attached hydrogens (tertiary/aromatic N) is 4. The van der Waals surface area contributed by atoms with E-state index in [0.29, 0.717) is 0 Å². The van der Waals surface area contributed by atoms with E-state index in [0.717, 1.165) is 23.3 Å². The maximum Gasteiger partial charge on any atom is 0.186 e. The minimum absolute atomic E-state index is 0.868. The van der Waals surface area contributed by atoms with Crippen molar-refractivity contribution in [2.75, 3.05) is 11.9 Å². The van der Waals surface area contributed by atoms with Crippen LogP contribution in [-0.2, 0) is 12.8 Å². The van der Waals surface area contributed by atoms with E-state index in [4.69, 9.17) is 0 Å². The second kappa shape index (κ2) is 5.67. The lowest BCUT2D eigenvalue weighted by molar-refractivity contribution is 0.685. The molecular formula is C11H15N5S. The Kier molecular flexibility index (Phi) is 3.98. The van der Waals surface area contributed by atoms with E-state index in [1.807, 2.05) is 19.3 Å². The lowest BCUT2D eigenvalue weighted by Gasteiger charge is -2.05. The maximum atomic E-state index is 4.24. The highest BCUT2D eigenvalue weighted by Crippen LogP contribution is 2.20. The molecule has 0 aromatic carbocycles. The SMILES string of the molecule is CCNc1cc(CSc2ncnn2C)ccn1. The van der Waals surface area contributed by atoms with Gasteiger partial charge in [0.2, 0.25) is 0 Å². The number of hydrogen-bond acceptors (Lipinski definition) is 5. The lowest BCUT2D eigenvalue weighted by atomic mass is 10.3. The van der Waals surface area contributed by atoms with E-state index in [1.165, 1.54) is 5.56 Å². The van der Waals surface area contributed by atoms with Crippen LogP contribution in [0.1, 0.15) is 12.5 Å². The predicted octanol–water partition coefficient (Wildman–Crippen LogP) is 1.93. The highest BCUT2D eigenvalue weighted by Gasteiger charge is 2.02. The second-order valence-corrected chi connectivity index (χ2v) is 4.48. The topological polar surface area (TPSA) is 55.6 Å². The van der Waals surface area contributed by atoms with Gasteiger partial charge in [0.05, 0.1) is 0 Å². The van der Waals surface area contributed by atoms with Gasteiger partial charge in [0.1, 0.15) is 12.1 Å². The van der Waals surface area contributed by atoms with Crippen molar-refractivity contribution in [2.24, 2.45) is 7.05 Å². The average Bonchev–Trinajstić information content (AvgIpc) is 2.73. The van der Waals surface area contributed by atoms with Crippen molar-refractivity contribution >= 4 is 17.6 Å². The molecule has 5 nitrogen and oxygen atoms in total. The van der Waals surface area contributed by atoms with Gasteiger partial charge in [-0.2, -0.15) is 5.10 Å². The number of anilines is 1. The van der Waals surface area contributed by atoms with Crippen LogP contribution in [0, 0.1) is 0 Å². The molecule has 0 fully saturated rings. The molecule has 2 heterocycles. The van der Waals surface area contributed by atoms with Gasteiger partial charge in [-0.05, 0) is 24.6 Å². The third-order valence-corrected chi connectivity index (χ3v) is 3.33. The Morgan fingerprint density at radius 3 is 3.00 bits per heavy atom. The minimum atomic E-state index is 0.868. The summed E-state index contributed by atoms with van der Waals surface area (Å²) in [5.74, 6) is 1.79. The predicted molar refractivity (Wildman–Crippen MR) is 69.0 cm³/mol. The van der Waals surface area contributed by atoms with Gasteiger partial charge in [0, 0.05) is 25.5 Å². The third-order valence-electron chi connectivity index (χ3n) is 2.22. The van der Waals surface area contributed by atoms with Crippen LogP contribution in [0.15, 0.2) is 29.8 Å². The summed E-state index contributed by atoms with van der Waals surface area (Å²) in [5.41, 5.74) is 1.23. The molecule has 2 aromatic rings. The van der Waals surface area contributed by atoms with Crippen LogP contribution in [0.2, 0.25) is 0 Å². The summed E-state index contributed by atoms with van der Waals surface area (Å²) < 4.78 is 1.77. The summed E-state index contributed by atoms with van der Waals surface area (Å²) in [5, 5.41) is 8.16. The van der Waals surface area contributed by atoms with Crippen LogP contribution in [0.4, 0.5) is 5.82 Å². The summed E-state index contributed by atoms with van der Waals surface area (Å²) in [6, 6.07) is 4.08. The Balaban J connectivity index is 1.99. The fourth-order valence-electron chi connectivity index (χ4n) is 1.41. The van der Waals surface area contributed by atoms with Crippen molar-refractivity contribution in [1.29, 1.82) is 0 Å². The molecule has 0 saturated heterocycles. The molecule has 0 spiro atoms. The first-order valence-corrected chi connectivity index (χ1v) is 6.43. The van der Waals surface area contributed by atoms with E-state index < -0.39 is 0 Å². The quantitative estimate of drug-likeness (QED) is 0.821. The van der Waals surface area contributed by atoms with Crippen molar-refractivity contribution in [3.05, 3.63) is 30.2 Å². The Bertz CT molecular complexity index is 482. The van der Waals surface area contributed by atoms with Crippen LogP contribution >= 0.6 is 11.8 Å². The zero-order chi connectivity index (χ0) is 12.1. The molecule has 6 heteroatoms. The van der Waals surface area contributed by atoms with E-state index in [1.54, 1.807) is 22.8 Å². The lowest BCUT2D eigenvalue weighted by Crippen LogP contribution is -1.99. The van der Waals surface area contributed by atoms with Crippen molar-refractivity contribution in [1.82, 2.24) is 19.7 Å². The molecule has 2 aromatic heterocycles. The van der Waals surface area contributed by atoms with Crippen LogP contribution in [0.3, 0.4) is 0 Å². The summed E-state index contributed by atoms with van der Waals surface area (Å²) in [4.78, 5) is 8.41. The molecule has 1 N–H and O–H groups in total. The number of thioether (sulfide) groups is 1. The second-order valence-electron chi connectivity index (χ2n) is 3.53. The monoisotopic (exact) mass is 249 g/mol. The average molecular weight is 249 g/mol. The van der Waals surface area contributed by atoms with Gasteiger partial charge >= 0.3 is 0 Å². The van der Waals surface area contributed by atoms with Gasteiger partial charge in [-0.1, -0.05) is 11.8 Å². The fourth-order valence-corrected chi connectivity index (χ4v) is 2.24. The minimum Gasteiger partial charge on any atom is -0.370 e. The molecule has 17 heavy (non-hydrogen) atoms. The summed E-state index contributed by atoms with van der Waals surface area (Å²) >= 11 is 1.67. The van der Waals surface area contributed by atoms with E-state index in [-0.39, 0.29) is 0 Å². The normalized spacial score (nSPS) is 10.5. The molecule has 0 amide bonds. The van der Waals surface area contributed by atoms with Crippen LogP contribution < -0.4 is 5.32 Å². The fraction of sp³-hybridized carbons (Fsp3) is 0.364. The molecule has 0 aliphatic carbocycles. The zero-order valence-electron chi connectivity index (χ0n) is 9.92. The summed E-state index contributed by atoms with van der Waals surface area (Å²) in [6.45, 7) is 2.94. The Morgan fingerprint density at radius 1 is 1.41 bits per heavy atom. The number of nitrogens with one attached hydrogen (secondary N) is 1. The van der Waals surface area contributed by atoms with Crippen LogP contribution in [0.25, 0.3) is 0 Å². The molecular weight excluding hydrogens is 234 g/mol. The van der Waals surface area contributed by atoms with Crippen molar-refractivity contribution in [2.45, 2.75) is 17.8 Å². The van der Waals surface area contributed by atoms with Gasteiger partial charge in [0.25, 0.3) is 0 Å². The largest absolute Gasteiger partial charge is 0.370 e. The highest BCUT2D eigenvalue weighted by atomic mass is 32.2. The van der Waals surface area contributed by atoms with Gasteiger partial charge < -0.3 is 5.32 Å². The van der Waals surface area contributed by atoms with Crippen molar-refractivity contribution in [3.8, 4) is 0 Å². The Morgan fingerprint density at radius 2 is 2.29 bits per heavy atom. The van der Waals surface area contributed by atoms with Crippen LogP contribution in [0.5, 0.6) is 0 Å². The van der Waals surface area contributed by atoms with Gasteiger partial charge in [-0.15, -0.1) is 0 Å². The summed E-state index contributed by atoms with van der Waals surface area (Å²) in [7, 11) is 1.89. The number of aryl methyl sites for hydroxylation is 1. The smallest absolute Gasteiger partial charge is 0.186 e. The molecule has 0 aliphatic heterocycles. The molecule has 90 valence electrons. The molecule has 0 bridgehead atoms. The van der Waals surface area contributed by atoms with Crippen molar-refractivity contribution < 1.29 is 0 Å². The first kappa shape index (κ1) is 11.9. The first-order valence-electron chi connectivity index (χ1n) is 5.45. The molecule has 0 saturated carbocycles. The third kappa shape index (κ3) is 3.20. The molecule has 0 atom stereocenters. The Hall–Kier alpha value is -1.56. The van der Waals surface area contributed by atoms with Crippen molar-refractivity contribution in [3.63, 3.8) is 0 Å². The maximum absolute atomic E-state index is 4.24. The highest BCUT2D eigenvalue weighted by molar-refractivity contribution is 7.98. The van der Waals surface area contributed by atoms with Crippen LogP contribution in [-0.4, -0.2) is 26.3 Å². The van der Waals surface area contributed by atoms with E-state index in [9.17, 15) is 0 Å².